The molecule has 0 aliphatic rings. The molecule has 7 nitrogen and oxygen atoms in total. The van der Waals surface area contributed by atoms with E-state index in [9.17, 15) is 4.79 Å². The van der Waals surface area contributed by atoms with Crippen LogP contribution in [0.3, 0.4) is 0 Å². The van der Waals surface area contributed by atoms with Gasteiger partial charge in [0.05, 0.1) is 23.9 Å². The van der Waals surface area contributed by atoms with E-state index in [0.717, 1.165) is 11.1 Å². The van der Waals surface area contributed by atoms with Crippen LogP contribution in [-0.2, 0) is 13.2 Å². The Labute approximate surface area is 253 Å². The minimum absolute atomic E-state index is 0.279. The molecule has 0 atom stereocenters. The van der Waals surface area contributed by atoms with Crippen molar-refractivity contribution in [3.63, 3.8) is 0 Å². The molecule has 0 aromatic heterocycles. The first-order chi connectivity index (χ1) is 20.0. The number of rotatable bonds is 13. The molecule has 0 radical (unpaired) electrons. The molecule has 0 fully saturated rings. The number of halogens is 2. The molecule has 41 heavy (non-hydrogen) atoms. The Morgan fingerprint density at radius 2 is 1.56 bits per heavy atom. The van der Waals surface area contributed by atoms with Crippen LogP contribution >= 0.6 is 27.5 Å². The van der Waals surface area contributed by atoms with Gasteiger partial charge in [-0.05, 0) is 77.3 Å². The second-order valence-electron chi connectivity index (χ2n) is 8.71. The largest absolute Gasteiger partial charge is 0.490 e. The highest BCUT2D eigenvalue weighted by molar-refractivity contribution is 9.10. The van der Waals surface area contributed by atoms with E-state index < -0.39 is 0 Å². The Kier molecular flexibility index (Phi) is 11.0. The summed E-state index contributed by atoms with van der Waals surface area (Å²) < 4.78 is 24.2. The summed E-state index contributed by atoms with van der Waals surface area (Å²) in [6.07, 6.45) is 1.53. The molecule has 9 heteroatoms. The molecule has 0 aliphatic heterocycles. The van der Waals surface area contributed by atoms with E-state index in [-0.39, 0.29) is 12.5 Å². The first kappa shape index (κ1) is 30.0. The molecule has 4 aromatic carbocycles. The van der Waals surface area contributed by atoms with Crippen LogP contribution in [-0.4, -0.2) is 25.3 Å². The topological polar surface area (TPSA) is 78.4 Å². The molecule has 4 rings (SSSR count). The van der Waals surface area contributed by atoms with E-state index in [4.69, 9.17) is 30.5 Å². The zero-order valence-electron chi connectivity index (χ0n) is 22.7. The van der Waals surface area contributed by atoms with Crippen LogP contribution < -0.4 is 24.4 Å². The van der Waals surface area contributed by atoms with E-state index in [1.807, 2.05) is 74.5 Å². The highest BCUT2D eigenvalue weighted by atomic mass is 79.9. The summed E-state index contributed by atoms with van der Waals surface area (Å²) >= 11 is 9.83. The lowest BCUT2D eigenvalue weighted by molar-refractivity contribution is 0.0954. The molecule has 212 valence electrons. The average Bonchev–Trinajstić information content (AvgIpc) is 2.97. The third-order valence-corrected chi connectivity index (χ3v) is 6.74. The molecule has 0 heterocycles. The molecule has 1 amide bonds. The molecule has 1 N–H and O–H groups in total. The van der Waals surface area contributed by atoms with Crippen molar-refractivity contribution >= 4 is 39.7 Å². The van der Waals surface area contributed by atoms with Crippen LogP contribution in [0.1, 0.15) is 40.9 Å². The lowest BCUT2D eigenvalue weighted by Crippen LogP contribution is -2.17. The minimum Gasteiger partial charge on any atom is -0.490 e. The molecule has 0 saturated heterocycles. The highest BCUT2D eigenvalue weighted by Crippen LogP contribution is 2.37. The van der Waals surface area contributed by atoms with Crippen LogP contribution in [0.15, 0.2) is 94.5 Å². The first-order valence-corrected chi connectivity index (χ1v) is 14.2. The number of benzene rings is 4. The van der Waals surface area contributed by atoms with E-state index in [0.29, 0.717) is 63.4 Å². The lowest BCUT2D eigenvalue weighted by Gasteiger charge is -2.15. The predicted molar refractivity (Wildman–Crippen MR) is 165 cm³/mol. The van der Waals surface area contributed by atoms with Crippen LogP contribution in [0.5, 0.6) is 23.0 Å². The van der Waals surface area contributed by atoms with Gasteiger partial charge in [-0.15, -0.1) is 0 Å². The van der Waals surface area contributed by atoms with Gasteiger partial charge in [-0.25, -0.2) is 5.43 Å². The quantitative estimate of drug-likeness (QED) is 0.119. The lowest BCUT2D eigenvalue weighted by atomic mass is 10.2. The Balaban J connectivity index is 1.42. The number of hydrogen-bond acceptors (Lipinski definition) is 6. The van der Waals surface area contributed by atoms with Gasteiger partial charge < -0.3 is 18.9 Å². The number of amides is 1. The summed E-state index contributed by atoms with van der Waals surface area (Å²) in [7, 11) is 0. The van der Waals surface area contributed by atoms with E-state index in [1.165, 1.54) is 6.21 Å². The summed E-state index contributed by atoms with van der Waals surface area (Å²) in [6, 6.07) is 26.0. The monoisotopic (exact) mass is 636 g/mol. The fourth-order valence-electron chi connectivity index (χ4n) is 3.83. The van der Waals surface area contributed by atoms with Gasteiger partial charge in [-0.1, -0.05) is 60.1 Å². The maximum absolute atomic E-state index is 12.8. The van der Waals surface area contributed by atoms with Crippen LogP contribution in [0.2, 0.25) is 5.02 Å². The summed E-state index contributed by atoms with van der Waals surface area (Å²) in [6.45, 7) is 5.31. The van der Waals surface area contributed by atoms with Gasteiger partial charge in [0.1, 0.15) is 13.2 Å². The van der Waals surface area contributed by atoms with E-state index in [1.54, 1.807) is 24.3 Å². The Morgan fingerprint density at radius 3 is 2.32 bits per heavy atom. The zero-order valence-corrected chi connectivity index (χ0v) is 25.1. The van der Waals surface area contributed by atoms with E-state index in [2.05, 4.69) is 26.5 Å². The molecule has 0 spiro atoms. The Bertz CT molecular complexity index is 1500. The van der Waals surface area contributed by atoms with Crippen LogP contribution in [0.25, 0.3) is 0 Å². The molecule has 0 saturated carbocycles. The van der Waals surface area contributed by atoms with Gasteiger partial charge >= 0.3 is 0 Å². The van der Waals surface area contributed by atoms with Gasteiger partial charge in [0, 0.05) is 16.1 Å². The minimum atomic E-state index is -0.388. The summed E-state index contributed by atoms with van der Waals surface area (Å²) in [4.78, 5) is 12.8. The fraction of sp³-hybridized carbons (Fsp3) is 0.188. The van der Waals surface area contributed by atoms with Crippen molar-refractivity contribution in [2.24, 2.45) is 5.10 Å². The fourth-order valence-corrected chi connectivity index (χ4v) is 4.60. The average molecular weight is 638 g/mol. The standard InChI is InChI=1S/C32H30BrClN2O5/c1-3-38-29-18-24(14-15-28(29)40-20-22-10-6-5-7-11-22)32(37)36-35-19-23-16-26(33)31(30(17-23)39-4-2)41-21-25-12-8-9-13-27(25)34/h5-19H,3-4,20-21H2,1-2H3,(H,36,37)/b35-19+. The molecule has 0 unspecified atom stereocenters. The SMILES string of the molecule is CCOc1cc(C(=O)N/N=C/c2cc(Br)c(OCc3ccccc3Cl)c(OCC)c2)ccc1OCc1ccccc1. The molecular weight excluding hydrogens is 608 g/mol. The van der Waals surface area contributed by atoms with Gasteiger partial charge in [-0.2, -0.15) is 5.10 Å². The third kappa shape index (κ3) is 8.49. The summed E-state index contributed by atoms with van der Waals surface area (Å²) in [5.74, 6) is 1.74. The second kappa shape index (κ2) is 15.1. The zero-order chi connectivity index (χ0) is 29.0. The van der Waals surface area contributed by atoms with Gasteiger partial charge in [0.25, 0.3) is 5.91 Å². The number of hydrazone groups is 1. The van der Waals surface area contributed by atoms with Gasteiger partial charge in [-0.3, -0.25) is 4.79 Å². The second-order valence-corrected chi connectivity index (χ2v) is 9.97. The van der Waals surface area contributed by atoms with Crippen molar-refractivity contribution in [3.05, 3.63) is 117 Å². The summed E-state index contributed by atoms with van der Waals surface area (Å²) in [5.41, 5.74) is 5.54. The van der Waals surface area contributed by atoms with Crippen molar-refractivity contribution in [1.82, 2.24) is 5.43 Å². The number of ether oxygens (including phenoxy) is 4. The normalized spacial score (nSPS) is 10.8. The van der Waals surface area contributed by atoms with Crippen LogP contribution in [0, 0.1) is 0 Å². The Morgan fingerprint density at radius 1 is 0.829 bits per heavy atom. The molecule has 4 aromatic rings. The smallest absolute Gasteiger partial charge is 0.271 e. The summed E-state index contributed by atoms with van der Waals surface area (Å²) in [5, 5.41) is 4.77. The van der Waals surface area contributed by atoms with Gasteiger partial charge in [0.15, 0.2) is 23.0 Å². The number of nitrogens with zero attached hydrogens (tertiary/aromatic N) is 1. The maximum atomic E-state index is 12.8. The molecular formula is C32H30BrClN2O5. The van der Waals surface area contributed by atoms with Crippen molar-refractivity contribution < 1.29 is 23.7 Å². The van der Waals surface area contributed by atoms with Crippen LogP contribution in [0.4, 0.5) is 0 Å². The van der Waals surface area contributed by atoms with Crippen molar-refractivity contribution in [3.8, 4) is 23.0 Å². The predicted octanol–water partition coefficient (Wildman–Crippen LogP) is 7.82. The number of carbonyl (C=O) groups is 1. The highest BCUT2D eigenvalue weighted by Gasteiger charge is 2.14. The first-order valence-electron chi connectivity index (χ1n) is 13.1. The number of carbonyl (C=O) groups excluding carboxylic acids is 1. The Hall–Kier alpha value is -4.01. The van der Waals surface area contributed by atoms with E-state index >= 15 is 0 Å². The molecule has 0 bridgehead atoms. The van der Waals surface area contributed by atoms with Gasteiger partial charge in [0.2, 0.25) is 0 Å². The molecule has 0 aliphatic carbocycles. The van der Waals surface area contributed by atoms with Crippen molar-refractivity contribution in [2.75, 3.05) is 13.2 Å². The third-order valence-electron chi connectivity index (χ3n) is 5.78. The maximum Gasteiger partial charge on any atom is 0.271 e. The van der Waals surface area contributed by atoms with Crippen molar-refractivity contribution in [1.29, 1.82) is 0 Å². The number of nitrogens with one attached hydrogen (secondary N) is 1. The van der Waals surface area contributed by atoms with Crippen molar-refractivity contribution in [2.45, 2.75) is 27.1 Å². The number of hydrogen-bond donors (Lipinski definition) is 1.